The molecule has 1 aliphatic carbocycles. The van der Waals surface area contributed by atoms with E-state index in [-0.39, 0.29) is 0 Å². The summed E-state index contributed by atoms with van der Waals surface area (Å²) in [6, 6.07) is 8.88. The fraction of sp³-hybridized carbons (Fsp3) is 0.524. The van der Waals surface area contributed by atoms with Gasteiger partial charge in [-0.1, -0.05) is 63.1 Å². The van der Waals surface area contributed by atoms with E-state index in [0.717, 1.165) is 37.5 Å². The molecule has 0 unspecified atom stereocenters. The first-order valence-corrected chi connectivity index (χ1v) is 8.91. The van der Waals surface area contributed by atoms with Crippen molar-refractivity contribution in [2.75, 3.05) is 6.61 Å². The van der Waals surface area contributed by atoms with Gasteiger partial charge in [-0.15, -0.1) is 0 Å². The van der Waals surface area contributed by atoms with Crippen LogP contribution in [0.15, 0.2) is 48.3 Å². The summed E-state index contributed by atoms with van der Waals surface area (Å²) in [5.41, 5.74) is 3.04. The smallest absolute Gasteiger partial charge is 0.0956 e. The van der Waals surface area contributed by atoms with Crippen LogP contribution >= 0.6 is 0 Å². The molecule has 0 amide bonds. The third-order valence-corrected chi connectivity index (χ3v) is 4.21. The van der Waals surface area contributed by atoms with E-state index in [2.05, 4.69) is 56.3 Å². The molecule has 0 saturated heterocycles. The Bertz CT molecular complexity index is 494. The lowest BCUT2D eigenvalue weighted by atomic mass is 10.0. The van der Waals surface area contributed by atoms with Crippen LogP contribution in [0.4, 0.5) is 0 Å². The standard InChI is InChI=1S/C21H30O/c1-3-5-10-17-22-20(4-2)13-8-6-11-18-12-7-9-14-21(18)19-15-16-19/h6-9,12-14,19H,3-5,10-11,15-17H2,1-2H3/b8-6-,20-13+. The molecule has 0 bridgehead atoms. The van der Waals surface area contributed by atoms with E-state index in [9.17, 15) is 0 Å². The van der Waals surface area contributed by atoms with Gasteiger partial charge in [0.2, 0.25) is 0 Å². The Labute approximate surface area is 136 Å². The molecule has 0 N–H and O–H groups in total. The predicted molar refractivity (Wildman–Crippen MR) is 95.1 cm³/mol. The van der Waals surface area contributed by atoms with Gasteiger partial charge in [-0.25, -0.2) is 0 Å². The first-order valence-electron chi connectivity index (χ1n) is 8.91. The highest BCUT2D eigenvalue weighted by molar-refractivity contribution is 5.34. The molecule has 1 aromatic rings. The number of allylic oxidation sites excluding steroid dienone is 4. The van der Waals surface area contributed by atoms with Gasteiger partial charge in [-0.3, -0.25) is 0 Å². The van der Waals surface area contributed by atoms with E-state index in [4.69, 9.17) is 4.74 Å². The van der Waals surface area contributed by atoms with E-state index < -0.39 is 0 Å². The van der Waals surface area contributed by atoms with Crippen molar-refractivity contribution in [1.29, 1.82) is 0 Å². The Hall–Kier alpha value is -1.50. The van der Waals surface area contributed by atoms with Crippen LogP contribution in [0.3, 0.4) is 0 Å². The summed E-state index contributed by atoms with van der Waals surface area (Å²) in [5, 5.41) is 0. The van der Waals surface area contributed by atoms with Crippen molar-refractivity contribution in [1.82, 2.24) is 0 Å². The number of hydrogen-bond donors (Lipinski definition) is 0. The molecule has 22 heavy (non-hydrogen) atoms. The summed E-state index contributed by atoms with van der Waals surface area (Å²) in [6.07, 6.45) is 14.9. The molecule has 1 saturated carbocycles. The quantitative estimate of drug-likeness (QED) is 0.285. The second kappa shape index (κ2) is 9.50. The zero-order valence-corrected chi connectivity index (χ0v) is 14.2. The molecule has 0 aromatic heterocycles. The van der Waals surface area contributed by atoms with Gasteiger partial charge < -0.3 is 4.74 Å². The second-order valence-electron chi connectivity index (χ2n) is 6.15. The second-order valence-corrected chi connectivity index (χ2v) is 6.15. The van der Waals surface area contributed by atoms with Crippen molar-refractivity contribution >= 4 is 0 Å². The summed E-state index contributed by atoms with van der Waals surface area (Å²) in [4.78, 5) is 0. The van der Waals surface area contributed by atoms with Gasteiger partial charge in [-0.05, 0) is 48.8 Å². The topological polar surface area (TPSA) is 9.23 Å². The molecule has 1 fully saturated rings. The summed E-state index contributed by atoms with van der Waals surface area (Å²) in [7, 11) is 0. The first-order chi connectivity index (χ1) is 10.8. The number of ether oxygens (including phenoxy) is 1. The first kappa shape index (κ1) is 16.9. The predicted octanol–water partition coefficient (Wildman–Crippen LogP) is 6.16. The van der Waals surface area contributed by atoms with E-state index >= 15 is 0 Å². The summed E-state index contributed by atoms with van der Waals surface area (Å²) < 4.78 is 5.83. The molecule has 0 atom stereocenters. The molecule has 120 valence electrons. The normalized spacial score (nSPS) is 15.5. The lowest BCUT2D eigenvalue weighted by molar-refractivity contribution is 0.198. The highest BCUT2D eigenvalue weighted by atomic mass is 16.5. The molecule has 0 spiro atoms. The minimum Gasteiger partial charge on any atom is -0.498 e. The van der Waals surface area contributed by atoms with Crippen molar-refractivity contribution in [3.8, 4) is 0 Å². The van der Waals surface area contributed by atoms with Crippen molar-refractivity contribution in [3.05, 3.63) is 59.4 Å². The van der Waals surface area contributed by atoms with Gasteiger partial charge >= 0.3 is 0 Å². The van der Waals surface area contributed by atoms with Crippen molar-refractivity contribution in [2.24, 2.45) is 0 Å². The van der Waals surface area contributed by atoms with Crippen molar-refractivity contribution in [2.45, 2.75) is 64.7 Å². The summed E-state index contributed by atoms with van der Waals surface area (Å²) in [6.45, 7) is 5.23. The lowest BCUT2D eigenvalue weighted by Crippen LogP contribution is -1.94. The zero-order valence-electron chi connectivity index (χ0n) is 14.2. The summed E-state index contributed by atoms with van der Waals surface area (Å²) >= 11 is 0. The minimum atomic E-state index is 0.827. The molecule has 1 heteroatoms. The average molecular weight is 298 g/mol. The Balaban J connectivity index is 1.82. The number of hydrogen-bond acceptors (Lipinski definition) is 1. The molecule has 0 radical (unpaired) electrons. The Kier molecular flexibility index (Phi) is 7.28. The molecule has 1 aliphatic rings. The van der Waals surface area contributed by atoms with Crippen LogP contribution < -0.4 is 0 Å². The SMILES string of the molecule is CCCCCO/C(=C/C=C\Cc1ccccc1C1CC1)CC. The zero-order chi connectivity index (χ0) is 15.6. The molecular formula is C21H30O. The van der Waals surface area contributed by atoms with Crippen LogP contribution in [0.5, 0.6) is 0 Å². The van der Waals surface area contributed by atoms with E-state index in [1.165, 1.54) is 31.2 Å². The van der Waals surface area contributed by atoms with Crippen LogP contribution in [0.2, 0.25) is 0 Å². The fourth-order valence-corrected chi connectivity index (χ4v) is 2.71. The third kappa shape index (κ3) is 5.71. The van der Waals surface area contributed by atoms with Gasteiger partial charge in [0.05, 0.1) is 12.4 Å². The largest absolute Gasteiger partial charge is 0.498 e. The summed E-state index contributed by atoms with van der Waals surface area (Å²) in [5.74, 6) is 1.93. The van der Waals surface area contributed by atoms with Crippen LogP contribution in [0.25, 0.3) is 0 Å². The molecule has 1 aromatic carbocycles. The number of rotatable bonds is 10. The van der Waals surface area contributed by atoms with E-state index in [0.29, 0.717) is 0 Å². The molecule has 2 rings (SSSR count). The van der Waals surface area contributed by atoms with E-state index in [1.807, 2.05) is 0 Å². The van der Waals surface area contributed by atoms with Gasteiger partial charge in [-0.2, -0.15) is 0 Å². The Morgan fingerprint density at radius 2 is 2.00 bits per heavy atom. The van der Waals surface area contributed by atoms with Crippen LogP contribution in [-0.2, 0) is 11.2 Å². The average Bonchev–Trinajstić information content (AvgIpc) is 3.38. The Morgan fingerprint density at radius 1 is 1.18 bits per heavy atom. The van der Waals surface area contributed by atoms with Crippen LogP contribution in [0.1, 0.15) is 69.4 Å². The van der Waals surface area contributed by atoms with Gasteiger partial charge in [0.1, 0.15) is 0 Å². The van der Waals surface area contributed by atoms with Gasteiger partial charge in [0, 0.05) is 6.42 Å². The Morgan fingerprint density at radius 3 is 2.73 bits per heavy atom. The number of unbranched alkanes of at least 4 members (excludes halogenated alkanes) is 2. The van der Waals surface area contributed by atoms with E-state index in [1.54, 1.807) is 5.56 Å². The highest BCUT2D eigenvalue weighted by Gasteiger charge is 2.24. The lowest BCUT2D eigenvalue weighted by Gasteiger charge is -2.07. The molecule has 0 heterocycles. The fourth-order valence-electron chi connectivity index (χ4n) is 2.71. The van der Waals surface area contributed by atoms with Gasteiger partial charge in [0.25, 0.3) is 0 Å². The van der Waals surface area contributed by atoms with Crippen LogP contribution in [-0.4, -0.2) is 6.61 Å². The highest BCUT2D eigenvalue weighted by Crippen LogP contribution is 2.41. The molecule has 1 nitrogen and oxygen atoms in total. The maximum absolute atomic E-state index is 5.83. The monoisotopic (exact) mass is 298 g/mol. The number of benzene rings is 1. The third-order valence-electron chi connectivity index (χ3n) is 4.21. The molecular weight excluding hydrogens is 268 g/mol. The van der Waals surface area contributed by atoms with Crippen LogP contribution in [0, 0.1) is 0 Å². The maximum Gasteiger partial charge on any atom is 0.0956 e. The minimum absolute atomic E-state index is 0.827. The van der Waals surface area contributed by atoms with Crippen molar-refractivity contribution < 1.29 is 4.74 Å². The van der Waals surface area contributed by atoms with Crippen molar-refractivity contribution in [3.63, 3.8) is 0 Å². The van der Waals surface area contributed by atoms with Gasteiger partial charge in [0.15, 0.2) is 0 Å². The maximum atomic E-state index is 5.83. The molecule has 0 aliphatic heterocycles.